The molecular formula is C12H12BrClO2. The highest BCUT2D eigenvalue weighted by atomic mass is 79.9. The fourth-order valence-corrected chi connectivity index (χ4v) is 2.40. The molecule has 0 amide bonds. The van der Waals surface area contributed by atoms with Crippen LogP contribution >= 0.6 is 27.5 Å². The fourth-order valence-electron chi connectivity index (χ4n) is 1.43. The third kappa shape index (κ3) is 2.58. The predicted octanol–water partition coefficient (Wildman–Crippen LogP) is 3.71. The second-order valence-electron chi connectivity index (χ2n) is 4.23. The Balaban J connectivity index is 2.02. The lowest BCUT2D eigenvalue weighted by atomic mass is 10.2. The van der Waals surface area contributed by atoms with Gasteiger partial charge >= 0.3 is 0 Å². The van der Waals surface area contributed by atoms with E-state index in [2.05, 4.69) is 15.9 Å². The van der Waals surface area contributed by atoms with Gasteiger partial charge in [0.05, 0.1) is 11.6 Å². The van der Waals surface area contributed by atoms with Gasteiger partial charge in [0.2, 0.25) is 0 Å². The van der Waals surface area contributed by atoms with Gasteiger partial charge in [-0.2, -0.15) is 0 Å². The van der Waals surface area contributed by atoms with Crippen LogP contribution in [0.4, 0.5) is 0 Å². The minimum absolute atomic E-state index is 0.298. The van der Waals surface area contributed by atoms with E-state index in [1.807, 2.05) is 0 Å². The SMILES string of the molecule is O=Cc1ccc(OCC2(CBr)CC2)c(Cl)c1. The lowest BCUT2D eigenvalue weighted by Crippen LogP contribution is -2.14. The van der Waals surface area contributed by atoms with E-state index in [0.29, 0.717) is 28.4 Å². The maximum Gasteiger partial charge on any atom is 0.150 e. The molecule has 1 aliphatic rings. The summed E-state index contributed by atoms with van der Waals surface area (Å²) in [7, 11) is 0. The first-order valence-corrected chi connectivity index (χ1v) is 6.63. The van der Waals surface area contributed by atoms with Crippen LogP contribution in [-0.4, -0.2) is 18.2 Å². The number of benzene rings is 1. The molecule has 0 N–H and O–H groups in total. The van der Waals surface area contributed by atoms with Crippen LogP contribution in [-0.2, 0) is 0 Å². The summed E-state index contributed by atoms with van der Waals surface area (Å²) in [4.78, 5) is 10.5. The molecule has 16 heavy (non-hydrogen) atoms. The summed E-state index contributed by atoms with van der Waals surface area (Å²) < 4.78 is 5.68. The molecule has 86 valence electrons. The maximum absolute atomic E-state index is 10.5. The average Bonchev–Trinajstić information content (AvgIpc) is 3.08. The highest BCUT2D eigenvalue weighted by Crippen LogP contribution is 2.47. The van der Waals surface area contributed by atoms with Crippen molar-refractivity contribution in [2.45, 2.75) is 12.8 Å². The molecule has 0 saturated heterocycles. The van der Waals surface area contributed by atoms with Crippen LogP contribution in [0.25, 0.3) is 0 Å². The van der Waals surface area contributed by atoms with Crippen molar-refractivity contribution in [2.75, 3.05) is 11.9 Å². The average molecular weight is 304 g/mol. The van der Waals surface area contributed by atoms with Crippen molar-refractivity contribution in [3.63, 3.8) is 0 Å². The molecule has 4 heteroatoms. The minimum Gasteiger partial charge on any atom is -0.491 e. The van der Waals surface area contributed by atoms with Crippen molar-refractivity contribution in [3.8, 4) is 5.75 Å². The van der Waals surface area contributed by atoms with E-state index in [-0.39, 0.29) is 0 Å². The summed E-state index contributed by atoms with van der Waals surface area (Å²) >= 11 is 9.49. The van der Waals surface area contributed by atoms with E-state index in [9.17, 15) is 4.79 Å². The third-order valence-electron chi connectivity index (χ3n) is 2.87. The summed E-state index contributed by atoms with van der Waals surface area (Å²) in [6.45, 7) is 0.679. The van der Waals surface area contributed by atoms with E-state index >= 15 is 0 Å². The van der Waals surface area contributed by atoms with Crippen molar-refractivity contribution in [3.05, 3.63) is 28.8 Å². The summed E-state index contributed by atoms with van der Waals surface area (Å²) in [6.07, 6.45) is 3.17. The van der Waals surface area contributed by atoms with E-state index in [0.717, 1.165) is 11.6 Å². The van der Waals surface area contributed by atoms with E-state index in [1.54, 1.807) is 18.2 Å². The molecule has 1 aromatic rings. The van der Waals surface area contributed by atoms with Crippen molar-refractivity contribution in [1.82, 2.24) is 0 Å². The Morgan fingerprint density at radius 2 is 2.25 bits per heavy atom. The zero-order valence-electron chi connectivity index (χ0n) is 8.71. The van der Waals surface area contributed by atoms with Crippen molar-refractivity contribution >= 4 is 33.8 Å². The van der Waals surface area contributed by atoms with Crippen LogP contribution in [0, 0.1) is 5.41 Å². The van der Waals surface area contributed by atoms with Gasteiger partial charge in [-0.3, -0.25) is 4.79 Å². The van der Waals surface area contributed by atoms with Crippen molar-refractivity contribution in [1.29, 1.82) is 0 Å². The summed E-state index contributed by atoms with van der Waals surface area (Å²) in [5.74, 6) is 0.652. The number of carbonyl (C=O) groups excluding carboxylic acids is 1. The van der Waals surface area contributed by atoms with Gasteiger partial charge in [0, 0.05) is 16.3 Å². The number of alkyl halides is 1. The molecule has 0 bridgehead atoms. The zero-order valence-corrected chi connectivity index (χ0v) is 11.1. The Morgan fingerprint density at radius 1 is 1.50 bits per heavy atom. The third-order valence-corrected chi connectivity index (χ3v) is 4.35. The maximum atomic E-state index is 10.5. The van der Waals surface area contributed by atoms with Gasteiger partial charge in [-0.1, -0.05) is 27.5 Å². The Labute approximate surface area is 108 Å². The molecule has 0 atom stereocenters. The second kappa shape index (κ2) is 4.76. The summed E-state index contributed by atoms with van der Waals surface area (Å²) in [5.41, 5.74) is 0.867. The Morgan fingerprint density at radius 3 is 2.75 bits per heavy atom. The standard InChI is InChI=1S/C12H12BrClO2/c13-7-12(3-4-12)8-16-11-2-1-9(6-15)5-10(11)14/h1-2,5-6H,3-4,7-8H2. The van der Waals surface area contributed by atoms with Crippen LogP contribution in [0.15, 0.2) is 18.2 Å². The molecule has 0 aromatic heterocycles. The van der Waals surface area contributed by atoms with Gasteiger partial charge in [-0.25, -0.2) is 0 Å². The van der Waals surface area contributed by atoms with Gasteiger partial charge in [0.25, 0.3) is 0 Å². The Hall–Kier alpha value is -0.540. The Bertz CT molecular complexity index is 402. The molecule has 2 nitrogen and oxygen atoms in total. The lowest BCUT2D eigenvalue weighted by molar-refractivity contribution is 0.112. The Kier molecular flexibility index (Phi) is 3.55. The highest BCUT2D eigenvalue weighted by Gasteiger charge is 2.42. The monoisotopic (exact) mass is 302 g/mol. The van der Waals surface area contributed by atoms with E-state index < -0.39 is 0 Å². The van der Waals surface area contributed by atoms with Gasteiger partial charge < -0.3 is 4.74 Å². The van der Waals surface area contributed by atoms with Gasteiger partial charge in [0.1, 0.15) is 12.0 Å². The molecule has 0 aliphatic heterocycles. The number of aldehydes is 1. The first-order chi connectivity index (χ1) is 7.69. The first-order valence-electron chi connectivity index (χ1n) is 5.13. The molecule has 2 rings (SSSR count). The minimum atomic E-state index is 0.298. The van der Waals surface area contributed by atoms with Crippen LogP contribution in [0.3, 0.4) is 0 Å². The van der Waals surface area contributed by atoms with Crippen LogP contribution < -0.4 is 4.74 Å². The predicted molar refractivity (Wildman–Crippen MR) is 67.8 cm³/mol. The topological polar surface area (TPSA) is 26.3 Å². The smallest absolute Gasteiger partial charge is 0.150 e. The zero-order chi connectivity index (χ0) is 11.6. The fraction of sp³-hybridized carbons (Fsp3) is 0.417. The lowest BCUT2D eigenvalue weighted by Gasteiger charge is -2.14. The summed E-state index contributed by atoms with van der Waals surface area (Å²) in [6, 6.07) is 5.08. The molecule has 0 radical (unpaired) electrons. The van der Waals surface area contributed by atoms with Gasteiger partial charge in [-0.15, -0.1) is 0 Å². The molecular weight excluding hydrogens is 291 g/mol. The van der Waals surface area contributed by atoms with Crippen LogP contribution in [0.1, 0.15) is 23.2 Å². The van der Waals surface area contributed by atoms with Crippen LogP contribution in [0.5, 0.6) is 5.75 Å². The van der Waals surface area contributed by atoms with Gasteiger partial charge in [0.15, 0.2) is 0 Å². The molecule has 1 fully saturated rings. The molecule has 1 aromatic carbocycles. The number of hydrogen-bond donors (Lipinski definition) is 0. The largest absolute Gasteiger partial charge is 0.491 e. The molecule has 1 saturated carbocycles. The van der Waals surface area contributed by atoms with Crippen LogP contribution in [0.2, 0.25) is 5.02 Å². The molecule has 0 heterocycles. The van der Waals surface area contributed by atoms with E-state index in [4.69, 9.17) is 16.3 Å². The van der Waals surface area contributed by atoms with Crippen molar-refractivity contribution < 1.29 is 9.53 Å². The molecule has 0 unspecified atom stereocenters. The molecule has 1 aliphatic carbocycles. The van der Waals surface area contributed by atoms with E-state index in [1.165, 1.54) is 12.8 Å². The second-order valence-corrected chi connectivity index (χ2v) is 5.20. The normalized spacial score (nSPS) is 16.9. The highest BCUT2D eigenvalue weighted by molar-refractivity contribution is 9.09. The summed E-state index contributed by atoms with van der Waals surface area (Å²) in [5, 5.41) is 1.46. The van der Waals surface area contributed by atoms with Crippen molar-refractivity contribution in [2.24, 2.45) is 5.41 Å². The quantitative estimate of drug-likeness (QED) is 0.612. The number of hydrogen-bond acceptors (Lipinski definition) is 2. The van der Waals surface area contributed by atoms with Gasteiger partial charge in [-0.05, 0) is 31.0 Å². The number of rotatable bonds is 5. The number of ether oxygens (including phenoxy) is 1. The first kappa shape index (κ1) is 11.9. The number of halogens is 2. The molecule has 0 spiro atoms. The number of carbonyl (C=O) groups is 1.